The molecule has 0 bridgehead atoms. The average Bonchev–Trinajstić information content (AvgIpc) is 2.43. The van der Waals surface area contributed by atoms with Crippen molar-refractivity contribution < 1.29 is 4.39 Å². The first-order valence-corrected chi connectivity index (χ1v) is 6.83. The molecule has 0 spiro atoms. The zero-order chi connectivity index (χ0) is 15.4. The van der Waals surface area contributed by atoms with Gasteiger partial charge in [-0.3, -0.25) is 10.3 Å². The van der Waals surface area contributed by atoms with Crippen molar-refractivity contribution in [1.29, 1.82) is 5.41 Å². The van der Waals surface area contributed by atoms with Crippen LogP contribution in [-0.2, 0) is 13.1 Å². The number of nitrogen functional groups attached to an aromatic ring is 1. The molecular weight excluding hydrogens is 265 g/mol. The fourth-order valence-corrected chi connectivity index (χ4v) is 2.27. The highest BCUT2D eigenvalue weighted by Gasteiger charge is 2.09. The molecule has 0 unspecified atom stereocenters. The number of nitrogens with zero attached hydrogens (tertiary/aromatic N) is 1. The topological polar surface area (TPSA) is 53.1 Å². The maximum absolute atomic E-state index is 14.0. The van der Waals surface area contributed by atoms with E-state index in [1.165, 1.54) is 17.2 Å². The molecule has 0 aliphatic carbocycles. The van der Waals surface area contributed by atoms with E-state index < -0.39 is 0 Å². The summed E-state index contributed by atoms with van der Waals surface area (Å²) < 4.78 is 14.0. The molecule has 0 amide bonds. The molecule has 0 saturated heterocycles. The van der Waals surface area contributed by atoms with Gasteiger partial charge in [-0.1, -0.05) is 36.4 Å². The lowest BCUT2D eigenvalue weighted by Gasteiger charge is -2.18. The average molecular weight is 285 g/mol. The van der Waals surface area contributed by atoms with E-state index in [2.05, 4.69) is 24.0 Å². The Morgan fingerprint density at radius 3 is 2.43 bits per heavy atom. The van der Waals surface area contributed by atoms with Crippen molar-refractivity contribution in [3.05, 3.63) is 70.5 Å². The summed E-state index contributed by atoms with van der Waals surface area (Å²) >= 11 is 0. The maximum atomic E-state index is 14.0. The third-order valence-corrected chi connectivity index (χ3v) is 3.51. The lowest BCUT2D eigenvalue weighted by atomic mass is 10.1. The van der Waals surface area contributed by atoms with Crippen molar-refractivity contribution >= 4 is 5.84 Å². The van der Waals surface area contributed by atoms with Gasteiger partial charge < -0.3 is 5.73 Å². The van der Waals surface area contributed by atoms with E-state index >= 15 is 0 Å². The summed E-state index contributed by atoms with van der Waals surface area (Å²) in [6.45, 7) is 3.35. The van der Waals surface area contributed by atoms with E-state index in [4.69, 9.17) is 11.1 Å². The van der Waals surface area contributed by atoms with Crippen LogP contribution >= 0.6 is 0 Å². The van der Waals surface area contributed by atoms with E-state index in [-0.39, 0.29) is 11.7 Å². The number of halogens is 1. The van der Waals surface area contributed by atoms with Crippen molar-refractivity contribution in [2.75, 3.05) is 7.05 Å². The van der Waals surface area contributed by atoms with Gasteiger partial charge in [-0.05, 0) is 31.2 Å². The Morgan fingerprint density at radius 2 is 1.81 bits per heavy atom. The molecule has 2 aromatic carbocycles. The number of nitrogens with one attached hydrogen (secondary N) is 1. The number of rotatable bonds is 5. The summed E-state index contributed by atoms with van der Waals surface area (Å²) in [5, 5.41) is 7.32. The highest BCUT2D eigenvalue weighted by Crippen LogP contribution is 2.15. The predicted molar refractivity (Wildman–Crippen MR) is 83.8 cm³/mol. The predicted octanol–water partition coefficient (Wildman–Crippen LogP) is 3.05. The van der Waals surface area contributed by atoms with E-state index in [1.54, 1.807) is 12.1 Å². The van der Waals surface area contributed by atoms with Crippen LogP contribution in [0.25, 0.3) is 0 Å². The molecule has 0 atom stereocenters. The minimum absolute atomic E-state index is 0.117. The smallest absolute Gasteiger partial charge is 0.128 e. The molecule has 0 fully saturated rings. The molecule has 21 heavy (non-hydrogen) atoms. The second kappa shape index (κ2) is 6.50. The van der Waals surface area contributed by atoms with Crippen LogP contribution in [0, 0.1) is 18.2 Å². The lowest BCUT2D eigenvalue weighted by Crippen LogP contribution is -2.19. The summed E-state index contributed by atoms with van der Waals surface area (Å²) in [5.74, 6) is -0.437. The Balaban J connectivity index is 2.08. The van der Waals surface area contributed by atoms with E-state index in [0.29, 0.717) is 17.7 Å². The van der Waals surface area contributed by atoms with Crippen LogP contribution in [-0.4, -0.2) is 17.8 Å². The number of hydrogen-bond donors (Lipinski definition) is 2. The van der Waals surface area contributed by atoms with Gasteiger partial charge in [0.05, 0.1) is 0 Å². The monoisotopic (exact) mass is 285 g/mol. The fraction of sp³-hybridized carbons (Fsp3) is 0.235. The van der Waals surface area contributed by atoms with Crippen LogP contribution in [0.2, 0.25) is 0 Å². The second-order valence-corrected chi connectivity index (χ2v) is 5.32. The first kappa shape index (κ1) is 15.2. The summed E-state index contributed by atoms with van der Waals surface area (Å²) in [6, 6.07) is 12.9. The van der Waals surface area contributed by atoms with Gasteiger partial charge in [0.1, 0.15) is 11.7 Å². The van der Waals surface area contributed by atoms with Gasteiger partial charge in [0.2, 0.25) is 0 Å². The summed E-state index contributed by atoms with van der Waals surface area (Å²) in [6.07, 6.45) is 0. The summed E-state index contributed by atoms with van der Waals surface area (Å²) in [5.41, 5.74) is 8.85. The van der Waals surface area contributed by atoms with E-state index in [1.807, 2.05) is 19.2 Å². The molecule has 0 aromatic heterocycles. The minimum atomic E-state index is -0.320. The molecule has 2 rings (SSSR count). The van der Waals surface area contributed by atoms with Gasteiger partial charge in [0.15, 0.2) is 0 Å². The number of amidine groups is 1. The Hall–Kier alpha value is -2.20. The fourth-order valence-electron chi connectivity index (χ4n) is 2.27. The minimum Gasteiger partial charge on any atom is -0.384 e. The molecule has 0 aliphatic heterocycles. The number of benzene rings is 2. The Morgan fingerprint density at radius 1 is 1.14 bits per heavy atom. The number of nitrogens with two attached hydrogens (primary N) is 1. The Kier molecular flexibility index (Phi) is 4.70. The summed E-state index contributed by atoms with van der Waals surface area (Å²) in [7, 11) is 1.96. The van der Waals surface area contributed by atoms with Gasteiger partial charge >= 0.3 is 0 Å². The third-order valence-electron chi connectivity index (χ3n) is 3.51. The second-order valence-electron chi connectivity index (χ2n) is 5.32. The molecule has 0 aliphatic rings. The zero-order valence-corrected chi connectivity index (χ0v) is 12.4. The normalized spacial score (nSPS) is 10.9. The molecule has 110 valence electrons. The standard InChI is InChI=1S/C17H20FN3/c1-12-5-3-4-6-14(12)10-21(2)11-15-8-7-13(17(19)20)9-16(15)18/h3-9H,10-11H2,1-2H3,(H3,19,20). The van der Waals surface area contributed by atoms with E-state index in [0.717, 1.165) is 6.54 Å². The molecule has 4 heteroatoms. The van der Waals surface area contributed by atoms with E-state index in [9.17, 15) is 4.39 Å². The molecule has 0 saturated carbocycles. The van der Waals surface area contributed by atoms with Crippen LogP contribution in [0.1, 0.15) is 22.3 Å². The van der Waals surface area contributed by atoms with Crippen molar-refractivity contribution in [2.24, 2.45) is 5.73 Å². The summed E-state index contributed by atoms with van der Waals surface area (Å²) in [4.78, 5) is 2.06. The van der Waals surface area contributed by atoms with Crippen molar-refractivity contribution in [3.8, 4) is 0 Å². The lowest BCUT2D eigenvalue weighted by molar-refractivity contribution is 0.313. The maximum Gasteiger partial charge on any atom is 0.128 e. The Bertz CT molecular complexity index is 652. The van der Waals surface area contributed by atoms with Crippen LogP contribution < -0.4 is 5.73 Å². The molecule has 3 N–H and O–H groups in total. The van der Waals surface area contributed by atoms with Gasteiger partial charge in [0.25, 0.3) is 0 Å². The van der Waals surface area contributed by atoms with Crippen LogP contribution in [0.5, 0.6) is 0 Å². The number of aryl methyl sites for hydroxylation is 1. The van der Waals surface area contributed by atoms with Crippen molar-refractivity contribution in [1.82, 2.24) is 4.90 Å². The molecular formula is C17H20FN3. The van der Waals surface area contributed by atoms with Crippen LogP contribution in [0.3, 0.4) is 0 Å². The largest absolute Gasteiger partial charge is 0.384 e. The first-order chi connectivity index (χ1) is 9.97. The Labute approximate surface area is 124 Å². The molecule has 2 aromatic rings. The zero-order valence-electron chi connectivity index (χ0n) is 12.4. The van der Waals surface area contributed by atoms with Crippen LogP contribution in [0.15, 0.2) is 42.5 Å². The molecule has 0 heterocycles. The quantitative estimate of drug-likeness (QED) is 0.655. The van der Waals surface area contributed by atoms with Crippen LogP contribution in [0.4, 0.5) is 4.39 Å². The third kappa shape index (κ3) is 3.89. The van der Waals surface area contributed by atoms with Gasteiger partial charge in [-0.15, -0.1) is 0 Å². The van der Waals surface area contributed by atoms with Gasteiger partial charge in [-0.25, -0.2) is 4.39 Å². The molecule has 3 nitrogen and oxygen atoms in total. The highest BCUT2D eigenvalue weighted by molar-refractivity contribution is 5.94. The first-order valence-electron chi connectivity index (χ1n) is 6.83. The SMILES string of the molecule is Cc1ccccc1CN(C)Cc1ccc(C(=N)N)cc1F. The van der Waals surface area contributed by atoms with Crippen molar-refractivity contribution in [3.63, 3.8) is 0 Å². The highest BCUT2D eigenvalue weighted by atomic mass is 19.1. The number of hydrogen-bond acceptors (Lipinski definition) is 2. The molecule has 0 radical (unpaired) electrons. The van der Waals surface area contributed by atoms with Gasteiger partial charge in [-0.2, -0.15) is 0 Å². The van der Waals surface area contributed by atoms with Gasteiger partial charge in [0, 0.05) is 24.2 Å². The van der Waals surface area contributed by atoms with Crippen molar-refractivity contribution in [2.45, 2.75) is 20.0 Å².